The average Bonchev–Trinajstić information content (AvgIpc) is 2.67. The van der Waals surface area contributed by atoms with E-state index in [-0.39, 0.29) is 15.5 Å². The fourth-order valence-electron chi connectivity index (χ4n) is 2.40. The Labute approximate surface area is 161 Å². The fraction of sp³-hybridized carbons (Fsp3) is 0.235. The van der Waals surface area contributed by atoms with E-state index in [1.807, 2.05) is 0 Å². The first kappa shape index (κ1) is 19.4. The maximum atomic E-state index is 12.6. The summed E-state index contributed by atoms with van der Waals surface area (Å²) in [5, 5.41) is 2.79. The molecule has 0 unspecified atom stereocenters. The van der Waals surface area contributed by atoms with Gasteiger partial charge in [-0.05, 0) is 30.3 Å². The number of fused-ring (bicyclic) bond motifs is 1. The van der Waals surface area contributed by atoms with E-state index in [0.29, 0.717) is 34.9 Å². The van der Waals surface area contributed by atoms with Gasteiger partial charge in [0.25, 0.3) is 15.9 Å². The molecular formula is C17H17ClN2O6S. The molecule has 0 aliphatic carbocycles. The van der Waals surface area contributed by atoms with Crippen LogP contribution in [0.3, 0.4) is 0 Å². The van der Waals surface area contributed by atoms with Crippen LogP contribution in [0.25, 0.3) is 0 Å². The number of nitrogens with one attached hydrogen (secondary N) is 1. The van der Waals surface area contributed by atoms with Crippen LogP contribution in [0.5, 0.6) is 11.5 Å². The summed E-state index contributed by atoms with van der Waals surface area (Å²) in [6, 6.07) is 8.80. The van der Waals surface area contributed by atoms with Crippen molar-refractivity contribution in [3.05, 3.63) is 47.0 Å². The third-order valence-electron chi connectivity index (χ3n) is 3.88. The van der Waals surface area contributed by atoms with Crippen molar-refractivity contribution in [2.45, 2.75) is 4.90 Å². The molecule has 1 aliphatic heterocycles. The number of amides is 1. The Morgan fingerprint density at radius 1 is 1.15 bits per heavy atom. The van der Waals surface area contributed by atoms with Crippen LogP contribution in [0, 0.1) is 0 Å². The smallest absolute Gasteiger partial charge is 0.264 e. The molecule has 1 N–H and O–H groups in total. The van der Waals surface area contributed by atoms with Gasteiger partial charge >= 0.3 is 0 Å². The number of carbonyl (C=O) groups is 1. The Kier molecular flexibility index (Phi) is 5.56. The lowest BCUT2D eigenvalue weighted by Gasteiger charge is -2.19. The number of hydrogen-bond donors (Lipinski definition) is 1. The Bertz CT molecular complexity index is 979. The lowest BCUT2D eigenvalue weighted by molar-refractivity contribution is -0.0258. The normalized spacial score (nSPS) is 13.5. The predicted octanol–water partition coefficient (Wildman–Crippen LogP) is 2.55. The highest BCUT2D eigenvalue weighted by Crippen LogP contribution is 2.33. The number of sulfonamides is 1. The van der Waals surface area contributed by atoms with Crippen LogP contribution >= 0.6 is 11.6 Å². The molecule has 0 fully saturated rings. The van der Waals surface area contributed by atoms with E-state index in [1.165, 1.54) is 32.4 Å². The highest BCUT2D eigenvalue weighted by molar-refractivity contribution is 7.89. The van der Waals surface area contributed by atoms with Gasteiger partial charge in [0.05, 0.1) is 22.6 Å². The molecule has 3 rings (SSSR count). The summed E-state index contributed by atoms with van der Waals surface area (Å²) in [6.45, 7) is 0.884. The molecule has 0 saturated heterocycles. The van der Waals surface area contributed by atoms with Gasteiger partial charge in [-0.1, -0.05) is 16.1 Å². The van der Waals surface area contributed by atoms with E-state index >= 15 is 0 Å². The van der Waals surface area contributed by atoms with Gasteiger partial charge in [0.2, 0.25) is 0 Å². The number of ether oxygens (including phenoxy) is 2. The molecule has 0 spiro atoms. The molecule has 0 bridgehead atoms. The lowest BCUT2D eigenvalue weighted by atomic mass is 10.2. The lowest BCUT2D eigenvalue weighted by Crippen LogP contribution is -2.26. The van der Waals surface area contributed by atoms with Crippen LogP contribution in [-0.2, 0) is 14.9 Å². The van der Waals surface area contributed by atoms with Crippen molar-refractivity contribution < 1.29 is 27.5 Å². The van der Waals surface area contributed by atoms with Crippen molar-refractivity contribution in [3.63, 3.8) is 0 Å². The van der Waals surface area contributed by atoms with Crippen molar-refractivity contribution in [2.24, 2.45) is 0 Å². The second kappa shape index (κ2) is 7.73. The molecule has 0 saturated carbocycles. The monoisotopic (exact) mass is 412 g/mol. The zero-order valence-corrected chi connectivity index (χ0v) is 16.1. The topological polar surface area (TPSA) is 94.2 Å². The highest BCUT2D eigenvalue weighted by atomic mass is 35.5. The minimum atomic E-state index is -3.91. The van der Waals surface area contributed by atoms with Crippen LogP contribution in [0.2, 0.25) is 5.02 Å². The molecule has 27 heavy (non-hydrogen) atoms. The Balaban J connectivity index is 1.88. The van der Waals surface area contributed by atoms with Gasteiger partial charge in [-0.3, -0.25) is 9.63 Å². The summed E-state index contributed by atoms with van der Waals surface area (Å²) in [6.07, 6.45) is 0. The summed E-state index contributed by atoms with van der Waals surface area (Å²) in [5.74, 6) is 0.546. The van der Waals surface area contributed by atoms with E-state index in [2.05, 4.69) is 5.32 Å². The molecule has 8 nitrogen and oxygen atoms in total. The number of hydroxylamine groups is 1. The Hall–Kier alpha value is -2.33. The Morgan fingerprint density at radius 3 is 2.56 bits per heavy atom. The van der Waals surface area contributed by atoms with Crippen molar-refractivity contribution in [1.82, 2.24) is 4.47 Å². The third kappa shape index (κ3) is 4.01. The molecule has 2 aromatic rings. The van der Waals surface area contributed by atoms with E-state index in [0.717, 1.165) is 0 Å². The molecule has 1 heterocycles. The summed E-state index contributed by atoms with van der Waals surface area (Å²) in [7, 11) is -1.44. The van der Waals surface area contributed by atoms with Gasteiger partial charge in [0, 0.05) is 18.8 Å². The number of halogens is 1. The van der Waals surface area contributed by atoms with Gasteiger partial charge in [0.1, 0.15) is 13.2 Å². The largest absolute Gasteiger partial charge is 0.486 e. The third-order valence-corrected chi connectivity index (χ3v) is 5.88. The standard InChI is InChI=1S/C17H17ClN2O6S/c1-20(24-2)27(22,23)12-4-5-14(18)13(10-12)17(21)19-11-3-6-15-16(9-11)26-8-7-25-15/h3-6,9-10H,7-8H2,1-2H3,(H,19,21). The first-order chi connectivity index (χ1) is 12.8. The number of nitrogens with zero attached hydrogens (tertiary/aromatic N) is 1. The zero-order valence-electron chi connectivity index (χ0n) is 14.6. The quantitative estimate of drug-likeness (QED) is 0.758. The summed E-state index contributed by atoms with van der Waals surface area (Å²) in [4.78, 5) is 17.2. The minimum absolute atomic E-state index is 0.0112. The summed E-state index contributed by atoms with van der Waals surface area (Å²) in [5.41, 5.74) is 0.472. The molecule has 10 heteroatoms. The average molecular weight is 413 g/mol. The first-order valence-corrected chi connectivity index (χ1v) is 9.68. The second-order valence-electron chi connectivity index (χ2n) is 5.55. The van der Waals surface area contributed by atoms with Crippen LogP contribution in [0.1, 0.15) is 10.4 Å². The molecule has 0 atom stereocenters. The molecular weight excluding hydrogens is 396 g/mol. The van der Waals surface area contributed by atoms with Crippen LogP contribution in [0.4, 0.5) is 5.69 Å². The fourth-order valence-corrected chi connectivity index (χ4v) is 3.61. The molecule has 144 valence electrons. The van der Waals surface area contributed by atoms with E-state index in [4.69, 9.17) is 25.9 Å². The maximum absolute atomic E-state index is 12.6. The first-order valence-electron chi connectivity index (χ1n) is 7.86. The van der Waals surface area contributed by atoms with Crippen LogP contribution < -0.4 is 14.8 Å². The van der Waals surface area contributed by atoms with Crippen molar-refractivity contribution in [3.8, 4) is 11.5 Å². The van der Waals surface area contributed by atoms with Crippen molar-refractivity contribution in [2.75, 3.05) is 32.7 Å². The molecule has 1 aliphatic rings. The second-order valence-corrected chi connectivity index (χ2v) is 7.89. The predicted molar refractivity (Wildman–Crippen MR) is 98.8 cm³/mol. The number of anilines is 1. The van der Waals surface area contributed by atoms with E-state index in [9.17, 15) is 13.2 Å². The Morgan fingerprint density at radius 2 is 1.85 bits per heavy atom. The van der Waals surface area contributed by atoms with Gasteiger partial charge in [-0.2, -0.15) is 0 Å². The van der Waals surface area contributed by atoms with Crippen LogP contribution in [-0.4, -0.2) is 46.2 Å². The van der Waals surface area contributed by atoms with Crippen molar-refractivity contribution in [1.29, 1.82) is 0 Å². The number of benzene rings is 2. The molecule has 1 amide bonds. The van der Waals surface area contributed by atoms with Gasteiger partial charge in [0.15, 0.2) is 11.5 Å². The van der Waals surface area contributed by atoms with E-state index < -0.39 is 15.9 Å². The number of rotatable bonds is 5. The SMILES string of the molecule is CON(C)S(=O)(=O)c1ccc(Cl)c(C(=O)Nc2ccc3c(c2)OCCO3)c1. The van der Waals surface area contributed by atoms with Gasteiger partial charge < -0.3 is 14.8 Å². The van der Waals surface area contributed by atoms with E-state index in [1.54, 1.807) is 18.2 Å². The molecule has 0 aromatic heterocycles. The number of hydrogen-bond acceptors (Lipinski definition) is 6. The van der Waals surface area contributed by atoms with Crippen molar-refractivity contribution >= 4 is 33.2 Å². The zero-order chi connectivity index (χ0) is 19.6. The molecule has 0 radical (unpaired) electrons. The van der Waals surface area contributed by atoms with Gasteiger partial charge in [-0.25, -0.2) is 8.42 Å². The summed E-state index contributed by atoms with van der Waals surface area (Å²) >= 11 is 6.09. The molecule has 2 aromatic carbocycles. The van der Waals surface area contributed by atoms with Crippen LogP contribution in [0.15, 0.2) is 41.3 Å². The summed E-state index contributed by atoms with van der Waals surface area (Å²) < 4.78 is 36.3. The van der Waals surface area contributed by atoms with Gasteiger partial charge in [-0.15, -0.1) is 0 Å². The maximum Gasteiger partial charge on any atom is 0.264 e. The highest BCUT2D eigenvalue weighted by Gasteiger charge is 2.23. The minimum Gasteiger partial charge on any atom is -0.486 e. The number of carbonyl (C=O) groups excluding carboxylic acids is 1.